The number of nitrogens with zero attached hydrogens (tertiary/aromatic N) is 4. The van der Waals surface area contributed by atoms with E-state index in [1.54, 1.807) is 7.11 Å². The lowest BCUT2D eigenvalue weighted by Crippen LogP contribution is -2.48. The first-order valence-corrected chi connectivity index (χ1v) is 11.0. The number of hydrogen-bond acceptors (Lipinski definition) is 10. The van der Waals surface area contributed by atoms with E-state index < -0.39 is 11.9 Å². The molecule has 2 aromatic heterocycles. The number of ether oxygens (including phenoxy) is 1. The average Bonchev–Trinajstić information content (AvgIpc) is 3.39. The Morgan fingerprint density at radius 2 is 1.91 bits per heavy atom. The third-order valence-corrected chi connectivity index (χ3v) is 5.62. The van der Waals surface area contributed by atoms with E-state index in [1.807, 2.05) is 41.5 Å². The lowest BCUT2D eigenvalue weighted by Gasteiger charge is -2.36. The van der Waals surface area contributed by atoms with Gasteiger partial charge in [-0.1, -0.05) is 23.4 Å². The fourth-order valence-corrected chi connectivity index (χ4v) is 3.86. The fourth-order valence-electron chi connectivity index (χ4n) is 3.15. The van der Waals surface area contributed by atoms with Crippen LogP contribution in [-0.4, -0.2) is 74.8 Å². The van der Waals surface area contributed by atoms with Crippen LogP contribution in [0.5, 0.6) is 5.75 Å². The summed E-state index contributed by atoms with van der Waals surface area (Å²) in [5.41, 5.74) is 1.92. The van der Waals surface area contributed by atoms with Gasteiger partial charge < -0.3 is 24.8 Å². The van der Waals surface area contributed by atoms with Crippen LogP contribution in [0.2, 0.25) is 0 Å². The van der Waals surface area contributed by atoms with Crippen molar-refractivity contribution in [1.29, 1.82) is 0 Å². The van der Waals surface area contributed by atoms with Gasteiger partial charge in [0.2, 0.25) is 11.8 Å². The molecule has 0 bridgehead atoms. The number of aromatic nitrogens is 3. The molecule has 0 aliphatic carbocycles. The Kier molecular flexibility index (Phi) is 8.27. The fraction of sp³-hybridized carbons (Fsp3) is 0.333. The van der Waals surface area contributed by atoms with Gasteiger partial charge in [-0.05, 0) is 13.0 Å². The molecule has 12 nitrogen and oxygen atoms in total. The van der Waals surface area contributed by atoms with Gasteiger partial charge in [-0.2, -0.15) is 4.98 Å². The van der Waals surface area contributed by atoms with Crippen LogP contribution in [0.4, 0.5) is 5.13 Å². The number of carboxylic acids is 2. The van der Waals surface area contributed by atoms with Gasteiger partial charge in [0.15, 0.2) is 11.0 Å². The number of thiazole rings is 1. The van der Waals surface area contributed by atoms with Crippen LogP contribution in [0.15, 0.2) is 34.2 Å². The van der Waals surface area contributed by atoms with Crippen molar-refractivity contribution in [3.8, 4) is 5.75 Å². The molecular weight excluding hydrogens is 466 g/mol. The van der Waals surface area contributed by atoms with E-state index in [1.165, 1.54) is 11.3 Å². The molecule has 4 rings (SSSR count). The van der Waals surface area contributed by atoms with Crippen molar-refractivity contribution in [3.63, 3.8) is 0 Å². The van der Waals surface area contributed by atoms with Crippen molar-refractivity contribution < 1.29 is 33.9 Å². The molecule has 1 aromatic carbocycles. The number of rotatable bonds is 7. The van der Waals surface area contributed by atoms with Crippen LogP contribution in [0.25, 0.3) is 0 Å². The van der Waals surface area contributed by atoms with E-state index in [-0.39, 0.29) is 11.8 Å². The largest absolute Gasteiger partial charge is 0.496 e. The normalized spacial score (nSPS) is 13.4. The number of hydrogen-bond donors (Lipinski definition) is 3. The third kappa shape index (κ3) is 6.83. The smallest absolute Gasteiger partial charge is 0.414 e. The number of benzene rings is 1. The molecule has 180 valence electrons. The summed E-state index contributed by atoms with van der Waals surface area (Å²) in [5.74, 6) is -1.48. The van der Waals surface area contributed by atoms with E-state index >= 15 is 0 Å². The predicted octanol–water partition coefficient (Wildman–Crippen LogP) is 1.63. The zero-order valence-corrected chi connectivity index (χ0v) is 19.2. The zero-order chi connectivity index (χ0) is 24.7. The number of para-hydroxylation sites is 1. The van der Waals surface area contributed by atoms with E-state index in [2.05, 4.69) is 20.4 Å². The van der Waals surface area contributed by atoms with Crippen molar-refractivity contribution in [1.82, 2.24) is 20.0 Å². The van der Waals surface area contributed by atoms with E-state index in [0.29, 0.717) is 29.8 Å². The number of carboxylic acid groups (broad SMARTS) is 2. The monoisotopic (exact) mass is 489 g/mol. The zero-order valence-electron chi connectivity index (χ0n) is 18.4. The van der Waals surface area contributed by atoms with Crippen LogP contribution in [0.1, 0.15) is 28.9 Å². The minimum atomic E-state index is -1.82. The SMILES string of the molecule is COc1ccccc1Cc1noc(C2CN(CC(=O)Nc3nc(C)cs3)C2)n1.O=C(O)C(=O)O. The highest BCUT2D eigenvalue weighted by molar-refractivity contribution is 7.13. The summed E-state index contributed by atoms with van der Waals surface area (Å²) >= 11 is 1.43. The Balaban J connectivity index is 0.000000481. The van der Waals surface area contributed by atoms with Crippen molar-refractivity contribution >= 4 is 34.3 Å². The third-order valence-electron chi connectivity index (χ3n) is 4.75. The maximum absolute atomic E-state index is 12.1. The number of nitrogens with one attached hydrogen (secondary N) is 1. The van der Waals surface area contributed by atoms with Crippen molar-refractivity contribution in [3.05, 3.63) is 52.6 Å². The summed E-state index contributed by atoms with van der Waals surface area (Å²) in [6, 6.07) is 7.79. The first-order valence-electron chi connectivity index (χ1n) is 10.1. The molecule has 0 atom stereocenters. The van der Waals surface area contributed by atoms with E-state index in [4.69, 9.17) is 29.1 Å². The minimum absolute atomic E-state index is 0.0600. The van der Waals surface area contributed by atoms with Gasteiger partial charge in [-0.3, -0.25) is 9.69 Å². The van der Waals surface area contributed by atoms with Crippen LogP contribution in [-0.2, 0) is 20.8 Å². The highest BCUT2D eigenvalue weighted by atomic mass is 32.1. The molecule has 1 amide bonds. The lowest BCUT2D eigenvalue weighted by atomic mass is 10.0. The Morgan fingerprint density at radius 3 is 2.53 bits per heavy atom. The number of methoxy groups -OCH3 is 1. The van der Waals surface area contributed by atoms with Crippen LogP contribution >= 0.6 is 11.3 Å². The van der Waals surface area contributed by atoms with Gasteiger partial charge >= 0.3 is 11.9 Å². The lowest BCUT2D eigenvalue weighted by molar-refractivity contribution is -0.159. The number of anilines is 1. The Labute approximate surface area is 198 Å². The molecular formula is C21H23N5O7S. The van der Waals surface area contributed by atoms with Crippen LogP contribution in [0, 0.1) is 6.92 Å². The molecule has 3 aromatic rings. The topological polar surface area (TPSA) is 168 Å². The van der Waals surface area contributed by atoms with Crippen LogP contribution < -0.4 is 10.1 Å². The van der Waals surface area contributed by atoms with Gasteiger partial charge in [0.25, 0.3) is 0 Å². The summed E-state index contributed by atoms with van der Waals surface area (Å²) in [4.78, 5) is 41.1. The van der Waals surface area contributed by atoms with Crippen molar-refractivity contribution in [2.75, 3.05) is 32.1 Å². The predicted molar refractivity (Wildman–Crippen MR) is 120 cm³/mol. The van der Waals surface area contributed by atoms with Crippen molar-refractivity contribution in [2.45, 2.75) is 19.3 Å². The highest BCUT2D eigenvalue weighted by Gasteiger charge is 2.33. The number of aliphatic carboxylic acids is 2. The maximum atomic E-state index is 12.1. The second kappa shape index (κ2) is 11.3. The summed E-state index contributed by atoms with van der Waals surface area (Å²) in [6.07, 6.45) is 0.555. The Morgan fingerprint density at radius 1 is 1.21 bits per heavy atom. The average molecular weight is 490 g/mol. The van der Waals surface area contributed by atoms with Gasteiger partial charge in [-0.15, -0.1) is 11.3 Å². The van der Waals surface area contributed by atoms with Crippen molar-refractivity contribution in [2.24, 2.45) is 0 Å². The molecule has 34 heavy (non-hydrogen) atoms. The van der Waals surface area contributed by atoms with E-state index in [9.17, 15) is 4.79 Å². The van der Waals surface area contributed by atoms with E-state index in [0.717, 1.165) is 30.1 Å². The minimum Gasteiger partial charge on any atom is -0.496 e. The second-order valence-corrected chi connectivity index (χ2v) is 8.24. The van der Waals surface area contributed by atoms with Gasteiger partial charge in [0.1, 0.15) is 5.75 Å². The molecule has 3 heterocycles. The summed E-state index contributed by atoms with van der Waals surface area (Å²) < 4.78 is 10.8. The second-order valence-electron chi connectivity index (χ2n) is 7.38. The van der Waals surface area contributed by atoms with Crippen LogP contribution in [0.3, 0.4) is 0 Å². The quantitative estimate of drug-likeness (QED) is 0.412. The van der Waals surface area contributed by atoms with Gasteiger partial charge in [-0.25, -0.2) is 14.6 Å². The molecule has 13 heteroatoms. The number of amides is 1. The Hall–Kier alpha value is -3.84. The van der Waals surface area contributed by atoms with Gasteiger partial charge in [0.05, 0.1) is 25.3 Å². The molecule has 1 fully saturated rings. The summed E-state index contributed by atoms with van der Waals surface area (Å²) in [5, 5.41) is 24.2. The molecule has 0 unspecified atom stereocenters. The van der Waals surface area contributed by atoms with Gasteiger partial charge in [0, 0.05) is 30.5 Å². The summed E-state index contributed by atoms with van der Waals surface area (Å²) in [6.45, 7) is 3.68. The number of aryl methyl sites for hydroxylation is 1. The molecule has 3 N–H and O–H groups in total. The number of likely N-dealkylation sites (tertiary alicyclic amines) is 1. The maximum Gasteiger partial charge on any atom is 0.414 e. The molecule has 1 aliphatic rings. The molecule has 1 saturated heterocycles. The first-order chi connectivity index (χ1) is 16.2. The number of carbonyl (C=O) groups excluding carboxylic acids is 1. The first kappa shape index (κ1) is 24.8. The molecule has 0 saturated carbocycles. The number of carbonyl (C=O) groups is 3. The molecule has 1 aliphatic heterocycles. The summed E-state index contributed by atoms with van der Waals surface area (Å²) in [7, 11) is 1.65. The Bertz CT molecular complexity index is 1140. The standard InChI is InChI=1S/C19H21N5O3S.C2H2O4/c1-12-11-28-19(20-12)22-17(25)10-24-8-14(9-24)18-21-16(23-27-18)7-13-5-3-4-6-15(13)26-2;3-1(4)2(5)6/h3-6,11,14H,7-10H2,1-2H3,(H,20,22,25);(H,3,4)(H,5,6). The highest BCUT2D eigenvalue weighted by Crippen LogP contribution is 2.27. The molecule has 0 spiro atoms. The molecule has 0 radical (unpaired) electrons.